The van der Waals surface area contributed by atoms with Crippen molar-refractivity contribution in [1.82, 2.24) is 0 Å². The summed E-state index contributed by atoms with van der Waals surface area (Å²) in [7, 11) is 0. The van der Waals surface area contributed by atoms with Gasteiger partial charge in [-0.15, -0.1) is 0 Å². The Morgan fingerprint density at radius 2 is 2.00 bits per heavy atom. The minimum Gasteiger partial charge on any atom is -0.493 e. The van der Waals surface area contributed by atoms with Crippen molar-refractivity contribution in [2.24, 2.45) is 11.1 Å². The highest BCUT2D eigenvalue weighted by Gasteiger charge is 2.13. The van der Waals surface area contributed by atoms with Gasteiger partial charge in [0, 0.05) is 11.6 Å². The van der Waals surface area contributed by atoms with Crippen LogP contribution in [0.25, 0.3) is 0 Å². The summed E-state index contributed by atoms with van der Waals surface area (Å²) in [6.07, 6.45) is 0.947. The molecular formula is C14H22FNO. The fourth-order valence-electron chi connectivity index (χ4n) is 1.47. The lowest BCUT2D eigenvalue weighted by atomic mass is 9.93. The van der Waals surface area contributed by atoms with E-state index >= 15 is 0 Å². The van der Waals surface area contributed by atoms with Crippen molar-refractivity contribution in [3.05, 3.63) is 29.6 Å². The van der Waals surface area contributed by atoms with Crippen LogP contribution >= 0.6 is 0 Å². The number of halogens is 1. The minimum absolute atomic E-state index is 0.227. The van der Waals surface area contributed by atoms with Crippen molar-refractivity contribution in [3.8, 4) is 5.75 Å². The van der Waals surface area contributed by atoms with Crippen molar-refractivity contribution >= 4 is 0 Å². The molecule has 0 aliphatic rings. The summed E-state index contributed by atoms with van der Waals surface area (Å²) in [6, 6.07) is 4.27. The summed E-state index contributed by atoms with van der Waals surface area (Å²) in [5.74, 6) is 0.408. The Morgan fingerprint density at radius 1 is 1.35 bits per heavy atom. The van der Waals surface area contributed by atoms with E-state index in [4.69, 9.17) is 10.5 Å². The van der Waals surface area contributed by atoms with Gasteiger partial charge >= 0.3 is 0 Å². The van der Waals surface area contributed by atoms with Crippen molar-refractivity contribution in [3.63, 3.8) is 0 Å². The highest BCUT2D eigenvalue weighted by Crippen LogP contribution is 2.26. The smallest absolute Gasteiger partial charge is 0.124 e. The molecule has 0 spiro atoms. The number of rotatable bonds is 4. The van der Waals surface area contributed by atoms with Crippen LogP contribution in [-0.4, -0.2) is 6.61 Å². The van der Waals surface area contributed by atoms with Gasteiger partial charge in [0.15, 0.2) is 0 Å². The lowest BCUT2D eigenvalue weighted by Gasteiger charge is -2.19. The fourth-order valence-corrected chi connectivity index (χ4v) is 1.47. The third-order valence-electron chi connectivity index (χ3n) is 2.57. The molecule has 17 heavy (non-hydrogen) atoms. The quantitative estimate of drug-likeness (QED) is 0.870. The van der Waals surface area contributed by atoms with E-state index in [2.05, 4.69) is 20.8 Å². The monoisotopic (exact) mass is 239 g/mol. The Bertz CT molecular complexity index is 369. The van der Waals surface area contributed by atoms with Crippen LogP contribution in [0.1, 0.15) is 45.7 Å². The maximum absolute atomic E-state index is 13.1. The lowest BCUT2D eigenvalue weighted by Crippen LogP contribution is -2.13. The van der Waals surface area contributed by atoms with E-state index in [0.29, 0.717) is 12.4 Å². The number of hydrogen-bond acceptors (Lipinski definition) is 2. The molecule has 96 valence electrons. The maximum atomic E-state index is 13.1. The second-order valence-corrected chi connectivity index (χ2v) is 5.63. The van der Waals surface area contributed by atoms with Crippen LogP contribution in [0.2, 0.25) is 0 Å². The lowest BCUT2D eigenvalue weighted by molar-refractivity contribution is 0.240. The molecule has 0 heterocycles. The molecule has 0 saturated heterocycles. The second kappa shape index (κ2) is 5.50. The average Bonchev–Trinajstić information content (AvgIpc) is 2.18. The molecule has 0 unspecified atom stereocenters. The van der Waals surface area contributed by atoms with Gasteiger partial charge in [-0.1, -0.05) is 20.8 Å². The zero-order valence-electron chi connectivity index (χ0n) is 11.1. The van der Waals surface area contributed by atoms with Gasteiger partial charge in [0.05, 0.1) is 6.61 Å². The Balaban J connectivity index is 2.70. The van der Waals surface area contributed by atoms with Crippen molar-refractivity contribution in [2.75, 3.05) is 6.61 Å². The zero-order valence-corrected chi connectivity index (χ0v) is 11.1. The predicted octanol–water partition coefficient (Wildman–Crippen LogP) is 3.66. The summed E-state index contributed by atoms with van der Waals surface area (Å²) in [6.45, 7) is 8.93. The molecule has 3 heteroatoms. The Morgan fingerprint density at radius 3 is 2.53 bits per heavy atom. The number of benzene rings is 1. The van der Waals surface area contributed by atoms with Crippen molar-refractivity contribution in [2.45, 2.75) is 40.2 Å². The summed E-state index contributed by atoms with van der Waals surface area (Å²) in [5, 5.41) is 0. The first-order valence-electron chi connectivity index (χ1n) is 5.97. The van der Waals surface area contributed by atoms with Gasteiger partial charge in [-0.3, -0.25) is 0 Å². The van der Waals surface area contributed by atoms with Gasteiger partial charge < -0.3 is 10.5 Å². The van der Waals surface area contributed by atoms with Gasteiger partial charge in [0.1, 0.15) is 11.6 Å². The maximum Gasteiger partial charge on any atom is 0.124 e. The van der Waals surface area contributed by atoms with Gasteiger partial charge in [-0.25, -0.2) is 4.39 Å². The highest BCUT2D eigenvalue weighted by molar-refractivity contribution is 5.36. The first-order chi connectivity index (χ1) is 7.79. The van der Waals surface area contributed by atoms with Crippen LogP contribution in [0.5, 0.6) is 5.75 Å². The molecule has 0 fully saturated rings. The van der Waals surface area contributed by atoms with Gasteiger partial charge in [0.25, 0.3) is 0 Å². The van der Waals surface area contributed by atoms with Crippen LogP contribution in [0.4, 0.5) is 4.39 Å². The summed E-state index contributed by atoms with van der Waals surface area (Å²) < 4.78 is 18.8. The Kier molecular flexibility index (Phi) is 4.52. The first kappa shape index (κ1) is 14.0. The fraction of sp³-hybridized carbons (Fsp3) is 0.571. The Labute approximate surface area is 103 Å². The van der Waals surface area contributed by atoms with Gasteiger partial charge in [0.2, 0.25) is 0 Å². The van der Waals surface area contributed by atoms with Gasteiger partial charge in [-0.2, -0.15) is 0 Å². The molecule has 0 saturated carbocycles. The average molecular weight is 239 g/mol. The Hall–Kier alpha value is -1.09. The standard InChI is InChI=1S/C14H22FNO/c1-10(16)12-9-11(15)5-6-13(12)17-8-7-14(2,3)4/h5-6,9-10H,7-8,16H2,1-4H3/t10-/m1/s1. The van der Waals surface area contributed by atoms with Gasteiger partial charge in [-0.05, 0) is 37.0 Å². The molecule has 0 aliphatic heterocycles. The number of nitrogens with two attached hydrogens (primary N) is 1. The predicted molar refractivity (Wildman–Crippen MR) is 68.6 cm³/mol. The highest BCUT2D eigenvalue weighted by atomic mass is 19.1. The molecule has 2 nitrogen and oxygen atoms in total. The molecule has 0 amide bonds. The molecule has 1 aromatic carbocycles. The molecule has 2 N–H and O–H groups in total. The summed E-state index contributed by atoms with van der Waals surface area (Å²) in [4.78, 5) is 0. The minimum atomic E-state index is -0.277. The van der Waals surface area contributed by atoms with E-state index in [1.807, 2.05) is 6.92 Å². The number of ether oxygens (including phenoxy) is 1. The van der Waals surface area contributed by atoms with E-state index < -0.39 is 0 Å². The third-order valence-corrected chi connectivity index (χ3v) is 2.57. The molecule has 0 aliphatic carbocycles. The molecule has 1 aromatic rings. The van der Waals surface area contributed by atoms with Crippen LogP contribution in [-0.2, 0) is 0 Å². The summed E-state index contributed by atoms with van der Waals surface area (Å²) in [5.41, 5.74) is 6.75. The molecule has 1 rings (SSSR count). The van der Waals surface area contributed by atoms with E-state index in [1.165, 1.54) is 12.1 Å². The van der Waals surface area contributed by atoms with E-state index in [-0.39, 0.29) is 17.3 Å². The van der Waals surface area contributed by atoms with E-state index in [9.17, 15) is 4.39 Å². The van der Waals surface area contributed by atoms with Crippen LogP contribution < -0.4 is 10.5 Å². The van der Waals surface area contributed by atoms with E-state index in [0.717, 1.165) is 12.0 Å². The van der Waals surface area contributed by atoms with Crippen LogP contribution in [0.15, 0.2) is 18.2 Å². The topological polar surface area (TPSA) is 35.2 Å². The molecule has 0 radical (unpaired) electrons. The van der Waals surface area contributed by atoms with Crippen molar-refractivity contribution < 1.29 is 9.13 Å². The van der Waals surface area contributed by atoms with Crippen LogP contribution in [0.3, 0.4) is 0 Å². The SMILES string of the molecule is C[C@@H](N)c1cc(F)ccc1OCCC(C)(C)C. The molecule has 0 bridgehead atoms. The van der Waals surface area contributed by atoms with Crippen molar-refractivity contribution in [1.29, 1.82) is 0 Å². The molecule has 0 aromatic heterocycles. The van der Waals surface area contributed by atoms with E-state index in [1.54, 1.807) is 6.07 Å². The number of hydrogen-bond donors (Lipinski definition) is 1. The molecular weight excluding hydrogens is 217 g/mol. The zero-order chi connectivity index (χ0) is 13.1. The third kappa shape index (κ3) is 4.73. The first-order valence-corrected chi connectivity index (χ1v) is 5.97. The molecule has 1 atom stereocenters. The largest absolute Gasteiger partial charge is 0.493 e. The van der Waals surface area contributed by atoms with Crippen LogP contribution in [0, 0.1) is 11.2 Å². The summed E-state index contributed by atoms with van der Waals surface area (Å²) >= 11 is 0. The normalized spacial score (nSPS) is 13.5. The second-order valence-electron chi connectivity index (χ2n) is 5.63.